The number of alkyl halides is 2. The van der Waals surface area contributed by atoms with Gasteiger partial charge in [-0.2, -0.15) is 14.3 Å². The number of nitrogens with one attached hydrogen (secondary N) is 1. The summed E-state index contributed by atoms with van der Waals surface area (Å²) in [6, 6.07) is 4.74. The van der Waals surface area contributed by atoms with Crippen LogP contribution < -0.4 is 15.0 Å². The molecule has 0 aliphatic carbocycles. The zero-order valence-corrected chi connectivity index (χ0v) is 9.70. The second-order valence-electron chi connectivity index (χ2n) is 3.12. The van der Waals surface area contributed by atoms with Crippen molar-refractivity contribution in [2.45, 2.75) is 20.1 Å². The molecule has 96 valence electrons. The number of halogens is 2. The van der Waals surface area contributed by atoms with E-state index in [-0.39, 0.29) is 5.75 Å². The summed E-state index contributed by atoms with van der Waals surface area (Å²) < 4.78 is 33.8. The number of hydroxylamine groups is 1. The van der Waals surface area contributed by atoms with Crippen molar-refractivity contribution in [1.82, 2.24) is 5.48 Å². The van der Waals surface area contributed by atoms with E-state index in [1.807, 2.05) is 0 Å². The molecule has 0 bridgehead atoms. The summed E-state index contributed by atoms with van der Waals surface area (Å²) in [5.41, 5.74) is 3.49. The molecule has 1 rings (SSSR count). The van der Waals surface area contributed by atoms with E-state index in [2.05, 4.69) is 10.2 Å². The third-order valence-electron chi connectivity index (χ3n) is 1.94. The molecule has 4 nitrogen and oxygen atoms in total. The van der Waals surface area contributed by atoms with E-state index >= 15 is 0 Å². The molecule has 1 N–H and O–H groups in total. The van der Waals surface area contributed by atoms with Crippen LogP contribution in [0.25, 0.3) is 0 Å². The fraction of sp³-hybridized carbons (Fsp3) is 0.455. The van der Waals surface area contributed by atoms with Crippen LogP contribution in [0.3, 0.4) is 0 Å². The molecule has 0 aliphatic heterocycles. The van der Waals surface area contributed by atoms with Gasteiger partial charge in [-0.3, -0.25) is 0 Å². The molecule has 0 heterocycles. The van der Waals surface area contributed by atoms with Gasteiger partial charge in [0.25, 0.3) is 0 Å². The van der Waals surface area contributed by atoms with Gasteiger partial charge in [0.1, 0.15) is 0 Å². The van der Waals surface area contributed by atoms with Crippen LogP contribution in [-0.2, 0) is 11.4 Å². The average molecular weight is 247 g/mol. The maximum atomic E-state index is 12.1. The Hall–Kier alpha value is -1.40. The second kappa shape index (κ2) is 7.03. The van der Waals surface area contributed by atoms with Gasteiger partial charge in [0.15, 0.2) is 11.5 Å². The van der Waals surface area contributed by atoms with Crippen molar-refractivity contribution in [3.8, 4) is 11.5 Å². The van der Waals surface area contributed by atoms with Crippen molar-refractivity contribution in [1.29, 1.82) is 0 Å². The molecule has 6 heteroatoms. The van der Waals surface area contributed by atoms with Crippen molar-refractivity contribution < 1.29 is 23.1 Å². The first-order valence-electron chi connectivity index (χ1n) is 5.13. The summed E-state index contributed by atoms with van der Waals surface area (Å²) in [5.74, 6) is 0.325. The highest BCUT2D eigenvalue weighted by molar-refractivity contribution is 5.43. The van der Waals surface area contributed by atoms with Gasteiger partial charge in [0, 0.05) is 6.54 Å². The monoisotopic (exact) mass is 247 g/mol. The van der Waals surface area contributed by atoms with Crippen LogP contribution in [0.4, 0.5) is 8.78 Å². The van der Waals surface area contributed by atoms with E-state index < -0.39 is 6.61 Å². The van der Waals surface area contributed by atoms with Crippen LogP contribution in [0.5, 0.6) is 11.5 Å². The van der Waals surface area contributed by atoms with Gasteiger partial charge in [0.2, 0.25) is 0 Å². The molecule has 0 spiro atoms. The molecular formula is C11H15F2NO3. The minimum absolute atomic E-state index is 0.0306. The standard InChI is InChI=1S/C11H15F2NO3/c1-3-16-10-6-8(7-14-15-2)4-5-9(10)17-11(12)13/h4-6,11,14H,3,7H2,1-2H3. The van der Waals surface area contributed by atoms with E-state index in [0.717, 1.165) is 5.56 Å². The minimum Gasteiger partial charge on any atom is -0.490 e. The lowest BCUT2D eigenvalue weighted by Gasteiger charge is -2.12. The van der Waals surface area contributed by atoms with Gasteiger partial charge < -0.3 is 14.3 Å². The Morgan fingerprint density at radius 1 is 1.29 bits per heavy atom. The number of benzene rings is 1. The van der Waals surface area contributed by atoms with Gasteiger partial charge in [-0.15, -0.1) is 0 Å². The average Bonchev–Trinajstić information content (AvgIpc) is 2.29. The highest BCUT2D eigenvalue weighted by Crippen LogP contribution is 2.29. The number of ether oxygens (including phenoxy) is 2. The highest BCUT2D eigenvalue weighted by atomic mass is 19.3. The Bertz CT molecular complexity index is 347. The van der Waals surface area contributed by atoms with Crippen molar-refractivity contribution >= 4 is 0 Å². The van der Waals surface area contributed by atoms with Crippen LogP contribution in [0.2, 0.25) is 0 Å². The molecule has 0 fully saturated rings. The van der Waals surface area contributed by atoms with Gasteiger partial charge in [-0.1, -0.05) is 6.07 Å². The maximum absolute atomic E-state index is 12.1. The molecule has 0 saturated carbocycles. The first-order chi connectivity index (χ1) is 8.17. The van der Waals surface area contributed by atoms with Crippen LogP contribution in [-0.4, -0.2) is 20.3 Å². The first kappa shape index (κ1) is 13.7. The fourth-order valence-corrected chi connectivity index (χ4v) is 1.28. The van der Waals surface area contributed by atoms with E-state index in [0.29, 0.717) is 18.9 Å². The minimum atomic E-state index is -2.86. The zero-order valence-electron chi connectivity index (χ0n) is 9.70. The SMILES string of the molecule is CCOc1cc(CNOC)ccc1OC(F)F. The van der Waals surface area contributed by atoms with Crippen molar-refractivity contribution in [3.63, 3.8) is 0 Å². The zero-order chi connectivity index (χ0) is 12.7. The Kier molecular flexibility index (Phi) is 5.65. The van der Waals surface area contributed by atoms with Gasteiger partial charge in [0.05, 0.1) is 13.7 Å². The second-order valence-corrected chi connectivity index (χ2v) is 3.12. The van der Waals surface area contributed by atoms with Crippen molar-refractivity contribution in [2.24, 2.45) is 0 Å². The molecule has 17 heavy (non-hydrogen) atoms. The summed E-state index contributed by atoms with van der Waals surface area (Å²) in [6.45, 7) is -0.268. The molecule has 0 unspecified atom stereocenters. The predicted molar refractivity (Wildman–Crippen MR) is 58.1 cm³/mol. The first-order valence-corrected chi connectivity index (χ1v) is 5.13. The maximum Gasteiger partial charge on any atom is 0.387 e. The van der Waals surface area contributed by atoms with E-state index in [9.17, 15) is 8.78 Å². The molecule has 0 aliphatic rings. The molecule has 0 saturated heterocycles. The fourth-order valence-electron chi connectivity index (χ4n) is 1.28. The lowest BCUT2D eigenvalue weighted by atomic mass is 10.2. The molecule has 0 atom stereocenters. The molecular weight excluding hydrogens is 232 g/mol. The Labute approximate surface area is 98.4 Å². The van der Waals surface area contributed by atoms with Crippen LogP contribution >= 0.6 is 0 Å². The van der Waals surface area contributed by atoms with E-state index in [1.165, 1.54) is 13.2 Å². The third-order valence-corrected chi connectivity index (χ3v) is 1.94. The molecule has 0 amide bonds. The lowest BCUT2D eigenvalue weighted by molar-refractivity contribution is -0.0514. The quantitative estimate of drug-likeness (QED) is 0.751. The number of hydrogen-bond donors (Lipinski definition) is 1. The molecule has 0 aromatic heterocycles. The highest BCUT2D eigenvalue weighted by Gasteiger charge is 2.11. The summed E-state index contributed by atoms with van der Waals surface area (Å²) in [6.07, 6.45) is 0. The van der Waals surface area contributed by atoms with Crippen LogP contribution in [0, 0.1) is 0 Å². The number of rotatable bonds is 7. The predicted octanol–water partition coefficient (Wildman–Crippen LogP) is 2.34. The summed E-state index contributed by atoms with van der Waals surface area (Å²) in [4.78, 5) is 4.70. The Balaban J connectivity index is 2.83. The third kappa shape index (κ3) is 4.54. The molecule has 0 radical (unpaired) electrons. The summed E-state index contributed by atoms with van der Waals surface area (Å²) in [5, 5.41) is 0. The van der Waals surface area contributed by atoms with Crippen LogP contribution in [0.15, 0.2) is 18.2 Å². The number of hydrogen-bond acceptors (Lipinski definition) is 4. The molecule has 1 aromatic rings. The summed E-state index contributed by atoms with van der Waals surface area (Å²) >= 11 is 0. The smallest absolute Gasteiger partial charge is 0.387 e. The van der Waals surface area contributed by atoms with Crippen molar-refractivity contribution in [3.05, 3.63) is 23.8 Å². The van der Waals surface area contributed by atoms with Crippen molar-refractivity contribution in [2.75, 3.05) is 13.7 Å². The topological polar surface area (TPSA) is 39.7 Å². The normalized spacial score (nSPS) is 10.6. The van der Waals surface area contributed by atoms with Crippen LogP contribution in [0.1, 0.15) is 12.5 Å². The molecule has 1 aromatic carbocycles. The van der Waals surface area contributed by atoms with E-state index in [1.54, 1.807) is 19.1 Å². The van der Waals surface area contributed by atoms with Gasteiger partial charge >= 0.3 is 6.61 Å². The largest absolute Gasteiger partial charge is 0.490 e. The van der Waals surface area contributed by atoms with Gasteiger partial charge in [-0.05, 0) is 24.6 Å². The van der Waals surface area contributed by atoms with Gasteiger partial charge in [-0.25, -0.2) is 0 Å². The Morgan fingerprint density at radius 3 is 2.65 bits per heavy atom. The lowest BCUT2D eigenvalue weighted by Crippen LogP contribution is -2.11. The summed E-state index contributed by atoms with van der Waals surface area (Å²) in [7, 11) is 1.50. The Morgan fingerprint density at radius 2 is 2.06 bits per heavy atom. The van der Waals surface area contributed by atoms with E-state index in [4.69, 9.17) is 9.57 Å².